The minimum Gasteiger partial charge on any atom is -0.398 e. The third-order valence-corrected chi connectivity index (χ3v) is 6.23. The Morgan fingerprint density at radius 3 is 2.53 bits per heavy atom. The average molecular weight is 318 g/mol. The molecule has 1 saturated carbocycles. The molecule has 0 bridgehead atoms. The third kappa shape index (κ3) is 2.83. The van der Waals surface area contributed by atoms with Gasteiger partial charge in [-0.05, 0) is 25.0 Å². The zero-order chi connectivity index (χ0) is 12.5. The van der Waals surface area contributed by atoms with E-state index >= 15 is 0 Å². The summed E-state index contributed by atoms with van der Waals surface area (Å²) in [5.41, 5.74) is 7.07. The van der Waals surface area contributed by atoms with Crippen molar-refractivity contribution >= 4 is 31.5 Å². The van der Waals surface area contributed by atoms with Crippen molar-refractivity contribution in [1.82, 2.24) is 0 Å². The van der Waals surface area contributed by atoms with E-state index in [0.717, 1.165) is 30.2 Å². The molecule has 1 aromatic rings. The largest absolute Gasteiger partial charge is 0.398 e. The normalized spacial score (nSPS) is 17.5. The average Bonchev–Trinajstić information content (AvgIpc) is 2.77. The van der Waals surface area contributed by atoms with Gasteiger partial charge in [-0.15, -0.1) is 0 Å². The summed E-state index contributed by atoms with van der Waals surface area (Å²) < 4.78 is 25.2. The van der Waals surface area contributed by atoms with Crippen LogP contribution in [-0.2, 0) is 15.6 Å². The second-order valence-corrected chi connectivity index (χ2v) is 7.66. The van der Waals surface area contributed by atoms with Crippen molar-refractivity contribution < 1.29 is 8.42 Å². The van der Waals surface area contributed by atoms with Gasteiger partial charge < -0.3 is 5.73 Å². The van der Waals surface area contributed by atoms with E-state index in [-0.39, 0.29) is 11.0 Å². The lowest BCUT2D eigenvalue weighted by Gasteiger charge is -2.13. The first-order valence-corrected chi connectivity index (χ1v) is 8.26. The van der Waals surface area contributed by atoms with E-state index in [9.17, 15) is 8.42 Å². The van der Waals surface area contributed by atoms with Crippen molar-refractivity contribution in [3.63, 3.8) is 0 Å². The van der Waals surface area contributed by atoms with Gasteiger partial charge in [0.15, 0.2) is 9.84 Å². The van der Waals surface area contributed by atoms with Crippen LogP contribution < -0.4 is 5.73 Å². The summed E-state index contributed by atoms with van der Waals surface area (Å²) in [5.74, 6) is 0.0466. The highest BCUT2D eigenvalue weighted by Crippen LogP contribution is 2.31. The Balaban J connectivity index is 2.26. The predicted molar refractivity (Wildman–Crippen MR) is 73.4 cm³/mol. The van der Waals surface area contributed by atoms with Gasteiger partial charge in [0.05, 0.1) is 11.0 Å². The summed E-state index contributed by atoms with van der Waals surface area (Å²) in [4.78, 5) is 0. The number of sulfone groups is 1. The Hall–Kier alpha value is -0.550. The maximum Gasteiger partial charge on any atom is 0.157 e. The van der Waals surface area contributed by atoms with Crippen LogP contribution >= 0.6 is 15.9 Å². The summed E-state index contributed by atoms with van der Waals surface area (Å²) in [7, 11) is -3.07. The highest BCUT2D eigenvalue weighted by atomic mass is 79.9. The minimum atomic E-state index is -3.07. The van der Waals surface area contributed by atoms with Crippen molar-refractivity contribution in [3.8, 4) is 0 Å². The SMILES string of the molecule is Nc1cccc(Br)c1CS(=O)(=O)C1CCCC1. The molecule has 0 atom stereocenters. The molecule has 1 fully saturated rings. The number of nitrogen functional groups attached to an aromatic ring is 1. The van der Waals surface area contributed by atoms with Gasteiger partial charge in [0.1, 0.15) is 0 Å². The molecule has 0 aromatic heterocycles. The lowest BCUT2D eigenvalue weighted by Crippen LogP contribution is -2.20. The van der Waals surface area contributed by atoms with Crippen LogP contribution in [0.4, 0.5) is 5.69 Å². The number of hydrogen-bond donors (Lipinski definition) is 1. The van der Waals surface area contributed by atoms with Gasteiger partial charge in [0.2, 0.25) is 0 Å². The molecule has 0 saturated heterocycles. The summed E-state index contributed by atoms with van der Waals surface area (Å²) >= 11 is 3.36. The van der Waals surface area contributed by atoms with E-state index in [1.807, 2.05) is 12.1 Å². The molecule has 2 N–H and O–H groups in total. The molecule has 1 aromatic carbocycles. The standard InChI is InChI=1S/C12H16BrNO2S/c13-11-6-3-7-12(14)10(11)8-17(15,16)9-4-1-2-5-9/h3,6-7,9H,1-2,4-5,8,14H2. The van der Waals surface area contributed by atoms with E-state index in [1.54, 1.807) is 6.07 Å². The van der Waals surface area contributed by atoms with Crippen LogP contribution in [0.5, 0.6) is 0 Å². The van der Waals surface area contributed by atoms with Crippen molar-refractivity contribution in [2.45, 2.75) is 36.7 Å². The second kappa shape index (κ2) is 4.98. The molecular formula is C12H16BrNO2S. The molecule has 0 unspecified atom stereocenters. The van der Waals surface area contributed by atoms with Gasteiger partial charge in [-0.25, -0.2) is 8.42 Å². The Morgan fingerprint density at radius 1 is 1.29 bits per heavy atom. The fourth-order valence-corrected chi connectivity index (χ4v) is 5.01. The molecule has 1 aliphatic rings. The summed E-state index contributed by atoms with van der Waals surface area (Å²) in [6.45, 7) is 0. The molecule has 2 rings (SSSR count). The predicted octanol–water partition coefficient (Wildman–Crippen LogP) is 2.89. The maximum atomic E-state index is 12.2. The molecule has 3 nitrogen and oxygen atoms in total. The molecular weight excluding hydrogens is 302 g/mol. The van der Waals surface area contributed by atoms with Crippen LogP contribution in [0.3, 0.4) is 0 Å². The van der Waals surface area contributed by atoms with Crippen LogP contribution in [-0.4, -0.2) is 13.7 Å². The lowest BCUT2D eigenvalue weighted by atomic mass is 10.2. The van der Waals surface area contributed by atoms with Crippen LogP contribution in [0.15, 0.2) is 22.7 Å². The number of nitrogens with two attached hydrogens (primary N) is 1. The first-order chi connectivity index (χ1) is 8.00. The van der Waals surface area contributed by atoms with Crippen LogP contribution in [0.2, 0.25) is 0 Å². The van der Waals surface area contributed by atoms with Crippen LogP contribution in [0, 0.1) is 0 Å². The van der Waals surface area contributed by atoms with Crippen LogP contribution in [0.25, 0.3) is 0 Å². The smallest absolute Gasteiger partial charge is 0.157 e. The van der Waals surface area contributed by atoms with Gasteiger partial charge in [0, 0.05) is 15.7 Å². The van der Waals surface area contributed by atoms with E-state index in [2.05, 4.69) is 15.9 Å². The molecule has 0 spiro atoms. The number of hydrogen-bond acceptors (Lipinski definition) is 3. The molecule has 0 heterocycles. The fourth-order valence-electron chi connectivity index (χ4n) is 2.29. The number of rotatable bonds is 3. The second-order valence-electron chi connectivity index (χ2n) is 4.52. The highest BCUT2D eigenvalue weighted by molar-refractivity contribution is 9.10. The topological polar surface area (TPSA) is 60.2 Å². The Bertz CT molecular complexity index is 487. The van der Waals surface area contributed by atoms with E-state index < -0.39 is 9.84 Å². The zero-order valence-electron chi connectivity index (χ0n) is 9.52. The summed E-state index contributed by atoms with van der Waals surface area (Å²) in [6.07, 6.45) is 3.64. The van der Waals surface area contributed by atoms with Crippen molar-refractivity contribution in [3.05, 3.63) is 28.2 Å². The summed E-state index contributed by atoms with van der Waals surface area (Å²) in [6, 6.07) is 5.38. The first-order valence-electron chi connectivity index (χ1n) is 5.75. The Morgan fingerprint density at radius 2 is 1.94 bits per heavy atom. The van der Waals surface area contributed by atoms with E-state index in [0.29, 0.717) is 11.3 Å². The monoisotopic (exact) mass is 317 g/mol. The van der Waals surface area contributed by atoms with Crippen molar-refractivity contribution in [2.24, 2.45) is 0 Å². The highest BCUT2D eigenvalue weighted by Gasteiger charge is 2.29. The fraction of sp³-hybridized carbons (Fsp3) is 0.500. The minimum absolute atomic E-state index is 0.0466. The molecule has 5 heteroatoms. The molecule has 94 valence electrons. The van der Waals surface area contributed by atoms with Gasteiger partial charge >= 0.3 is 0 Å². The van der Waals surface area contributed by atoms with Gasteiger partial charge in [-0.3, -0.25) is 0 Å². The lowest BCUT2D eigenvalue weighted by molar-refractivity contribution is 0.579. The molecule has 0 aliphatic heterocycles. The Kier molecular flexibility index (Phi) is 3.78. The zero-order valence-corrected chi connectivity index (χ0v) is 11.9. The molecule has 17 heavy (non-hydrogen) atoms. The maximum absolute atomic E-state index is 12.2. The third-order valence-electron chi connectivity index (χ3n) is 3.31. The molecule has 1 aliphatic carbocycles. The van der Waals surface area contributed by atoms with Crippen molar-refractivity contribution in [2.75, 3.05) is 5.73 Å². The van der Waals surface area contributed by atoms with Crippen molar-refractivity contribution in [1.29, 1.82) is 0 Å². The quantitative estimate of drug-likeness (QED) is 0.872. The van der Waals surface area contributed by atoms with Gasteiger partial charge in [0.25, 0.3) is 0 Å². The van der Waals surface area contributed by atoms with Gasteiger partial charge in [-0.2, -0.15) is 0 Å². The van der Waals surface area contributed by atoms with Gasteiger partial charge in [-0.1, -0.05) is 34.8 Å². The molecule has 0 radical (unpaired) electrons. The molecule has 0 amide bonds. The number of anilines is 1. The number of benzene rings is 1. The van der Waals surface area contributed by atoms with Crippen LogP contribution in [0.1, 0.15) is 31.2 Å². The summed E-state index contributed by atoms with van der Waals surface area (Å²) in [5, 5.41) is -0.172. The number of halogens is 1. The Labute approximate surface area is 110 Å². The van der Waals surface area contributed by atoms with E-state index in [1.165, 1.54) is 0 Å². The van der Waals surface area contributed by atoms with E-state index in [4.69, 9.17) is 5.73 Å². The first kappa shape index (κ1) is 12.9.